The molecule has 1 aliphatic rings. The number of halogens is 1. The molecule has 146 valence electrons. The number of benzene rings is 2. The molecule has 0 spiro atoms. The number of furan rings is 1. The fraction of sp³-hybridized carbons (Fsp3) is 0.0909. The summed E-state index contributed by atoms with van der Waals surface area (Å²) in [7, 11) is 0. The first-order chi connectivity index (χ1) is 14.0. The van der Waals surface area contributed by atoms with E-state index in [1.165, 1.54) is 4.90 Å². The van der Waals surface area contributed by atoms with Crippen molar-refractivity contribution in [1.29, 1.82) is 0 Å². The lowest BCUT2D eigenvalue weighted by Crippen LogP contribution is -2.30. The van der Waals surface area contributed by atoms with Gasteiger partial charge in [-0.1, -0.05) is 35.9 Å². The lowest BCUT2D eigenvalue weighted by Gasteiger charge is -2.13. The summed E-state index contributed by atoms with van der Waals surface area (Å²) < 4.78 is 11.6. The minimum atomic E-state index is -0.232. The molecule has 0 radical (unpaired) electrons. The number of rotatable bonds is 5. The smallest absolute Gasteiger partial charge is 0.281 e. The topological polar surface area (TPSA) is 54.7 Å². The number of hydrogen-bond donors (Lipinski definition) is 1. The number of nitrogens with one attached hydrogen (secondary N) is 1. The summed E-state index contributed by atoms with van der Waals surface area (Å²) in [6.07, 6.45) is 1.63. The molecule has 0 unspecified atom stereocenters. The van der Waals surface area contributed by atoms with Gasteiger partial charge in [-0.25, -0.2) is 0 Å². The predicted molar refractivity (Wildman–Crippen MR) is 117 cm³/mol. The number of para-hydroxylation sites is 1. The molecule has 4 rings (SSSR count). The van der Waals surface area contributed by atoms with Gasteiger partial charge in [-0.2, -0.15) is 0 Å². The average Bonchev–Trinajstić information content (AvgIpc) is 3.28. The number of carbonyl (C=O) groups excluding carboxylic acids is 1. The number of nitrogens with zero attached hydrogens (tertiary/aromatic N) is 1. The van der Waals surface area contributed by atoms with Gasteiger partial charge in [0.2, 0.25) is 0 Å². The molecule has 1 amide bonds. The van der Waals surface area contributed by atoms with Gasteiger partial charge < -0.3 is 14.5 Å². The zero-order valence-electron chi connectivity index (χ0n) is 15.5. The Hall–Kier alpha value is -3.09. The summed E-state index contributed by atoms with van der Waals surface area (Å²) in [4.78, 5) is 14.2. The fourth-order valence-corrected chi connectivity index (χ4v) is 3.40. The van der Waals surface area contributed by atoms with Crippen molar-refractivity contribution in [3.63, 3.8) is 0 Å². The summed E-state index contributed by atoms with van der Waals surface area (Å²) >= 11 is 11.4. The lowest BCUT2D eigenvalue weighted by atomic mass is 10.2. The highest BCUT2D eigenvalue weighted by molar-refractivity contribution is 7.80. The third-order valence-corrected chi connectivity index (χ3v) is 5.14. The van der Waals surface area contributed by atoms with Crippen molar-refractivity contribution in [2.24, 2.45) is 0 Å². The largest absolute Gasteiger partial charge is 0.485 e. The van der Waals surface area contributed by atoms with Crippen molar-refractivity contribution < 1.29 is 13.9 Å². The van der Waals surface area contributed by atoms with Crippen LogP contribution >= 0.6 is 23.8 Å². The maximum absolute atomic E-state index is 12.7. The van der Waals surface area contributed by atoms with Gasteiger partial charge in [-0.15, -0.1) is 0 Å². The molecular weight excluding hydrogens is 408 g/mol. The van der Waals surface area contributed by atoms with Crippen LogP contribution in [0.4, 0.5) is 5.69 Å². The Labute approximate surface area is 178 Å². The normalized spacial score (nSPS) is 15.1. The van der Waals surface area contributed by atoms with Crippen LogP contribution in [0.1, 0.15) is 17.1 Å². The van der Waals surface area contributed by atoms with Crippen LogP contribution in [0.15, 0.2) is 70.8 Å². The van der Waals surface area contributed by atoms with E-state index in [4.69, 9.17) is 33.0 Å². The number of amides is 1. The Bertz CT molecular complexity index is 1110. The first kappa shape index (κ1) is 19.2. The van der Waals surface area contributed by atoms with Crippen LogP contribution in [0.2, 0.25) is 5.02 Å². The Morgan fingerprint density at radius 3 is 2.72 bits per heavy atom. The third-order valence-electron chi connectivity index (χ3n) is 4.45. The lowest BCUT2D eigenvalue weighted by molar-refractivity contribution is -0.113. The number of ether oxygens (including phenoxy) is 1. The maximum Gasteiger partial charge on any atom is 0.281 e. The molecular formula is C22H17ClN2O3S. The Kier molecular flexibility index (Phi) is 5.38. The van der Waals surface area contributed by atoms with Crippen molar-refractivity contribution in [3.05, 3.63) is 88.5 Å². The SMILES string of the molecule is Cc1c(Cl)cccc1OCc1ccc(/C=C2/NC(=S)N(c3ccccc3)C2=O)o1. The van der Waals surface area contributed by atoms with E-state index in [0.29, 0.717) is 38.8 Å². The Morgan fingerprint density at radius 2 is 1.93 bits per heavy atom. The first-order valence-corrected chi connectivity index (χ1v) is 9.70. The Balaban J connectivity index is 1.47. The van der Waals surface area contributed by atoms with E-state index in [9.17, 15) is 4.79 Å². The Morgan fingerprint density at radius 1 is 1.14 bits per heavy atom. The molecule has 0 saturated carbocycles. The summed E-state index contributed by atoms with van der Waals surface area (Å²) in [5.41, 5.74) is 1.94. The molecule has 0 bridgehead atoms. The second-order valence-electron chi connectivity index (χ2n) is 6.42. The van der Waals surface area contributed by atoms with Crippen molar-refractivity contribution >= 4 is 46.6 Å². The number of hydrogen-bond acceptors (Lipinski definition) is 4. The van der Waals surface area contributed by atoms with Crippen LogP contribution in [0, 0.1) is 6.92 Å². The van der Waals surface area contributed by atoms with Crippen LogP contribution in [0.25, 0.3) is 6.08 Å². The second-order valence-corrected chi connectivity index (χ2v) is 7.21. The summed E-state index contributed by atoms with van der Waals surface area (Å²) in [6, 6.07) is 18.3. The quantitative estimate of drug-likeness (QED) is 0.457. The molecule has 7 heteroatoms. The molecule has 29 heavy (non-hydrogen) atoms. The molecule has 0 atom stereocenters. The zero-order chi connectivity index (χ0) is 20.4. The highest BCUT2D eigenvalue weighted by Crippen LogP contribution is 2.26. The molecule has 2 aromatic carbocycles. The highest BCUT2D eigenvalue weighted by atomic mass is 35.5. The van der Waals surface area contributed by atoms with Gasteiger partial charge in [0.25, 0.3) is 5.91 Å². The van der Waals surface area contributed by atoms with Crippen LogP contribution < -0.4 is 15.0 Å². The van der Waals surface area contributed by atoms with E-state index < -0.39 is 0 Å². The van der Waals surface area contributed by atoms with E-state index in [0.717, 1.165) is 5.56 Å². The second kappa shape index (κ2) is 8.11. The summed E-state index contributed by atoms with van der Waals surface area (Å²) in [6.45, 7) is 2.15. The van der Waals surface area contributed by atoms with E-state index in [2.05, 4.69) is 5.32 Å². The van der Waals surface area contributed by atoms with E-state index in [1.54, 1.807) is 18.2 Å². The number of thiocarbonyl (C=S) groups is 1. The standard InChI is InChI=1S/C22H17ClN2O3S/c1-14-18(23)8-5-9-20(14)27-13-17-11-10-16(28-17)12-19-21(26)25(22(29)24-19)15-6-3-2-4-7-15/h2-12H,13H2,1H3,(H,24,29)/b19-12+. The molecule has 2 heterocycles. The van der Waals surface area contributed by atoms with Gasteiger partial charge in [0.15, 0.2) is 5.11 Å². The monoisotopic (exact) mass is 424 g/mol. The molecule has 1 fully saturated rings. The minimum absolute atomic E-state index is 0.232. The van der Waals surface area contributed by atoms with Crippen molar-refractivity contribution in [3.8, 4) is 5.75 Å². The minimum Gasteiger partial charge on any atom is -0.485 e. The highest BCUT2D eigenvalue weighted by Gasteiger charge is 2.32. The number of carbonyl (C=O) groups is 1. The van der Waals surface area contributed by atoms with E-state index >= 15 is 0 Å². The zero-order valence-corrected chi connectivity index (χ0v) is 17.1. The predicted octanol–water partition coefficient (Wildman–Crippen LogP) is 5.08. The van der Waals surface area contributed by atoms with Crippen LogP contribution in [0.3, 0.4) is 0 Å². The molecule has 1 aromatic heterocycles. The van der Waals surface area contributed by atoms with Gasteiger partial charge in [0.05, 0.1) is 5.69 Å². The third kappa shape index (κ3) is 4.04. The molecule has 3 aromatic rings. The van der Waals surface area contributed by atoms with Crippen LogP contribution in [-0.4, -0.2) is 11.0 Å². The maximum atomic E-state index is 12.7. The van der Waals surface area contributed by atoms with Crippen LogP contribution in [0.5, 0.6) is 5.75 Å². The van der Waals surface area contributed by atoms with Crippen LogP contribution in [-0.2, 0) is 11.4 Å². The van der Waals surface area contributed by atoms with E-state index in [-0.39, 0.29) is 12.5 Å². The van der Waals surface area contributed by atoms with E-state index in [1.807, 2.05) is 55.5 Å². The number of anilines is 1. The van der Waals surface area contributed by atoms with Crippen molar-refractivity contribution in [2.45, 2.75) is 13.5 Å². The first-order valence-electron chi connectivity index (χ1n) is 8.92. The molecule has 1 saturated heterocycles. The van der Waals surface area contributed by atoms with Crippen molar-refractivity contribution in [2.75, 3.05) is 4.90 Å². The summed E-state index contributed by atoms with van der Waals surface area (Å²) in [5.74, 6) is 1.62. The summed E-state index contributed by atoms with van der Waals surface area (Å²) in [5, 5.41) is 3.93. The van der Waals surface area contributed by atoms with Gasteiger partial charge in [0, 0.05) is 16.7 Å². The average molecular weight is 425 g/mol. The molecule has 1 N–H and O–H groups in total. The fourth-order valence-electron chi connectivity index (χ4n) is 2.93. The van der Waals surface area contributed by atoms with Crippen molar-refractivity contribution in [1.82, 2.24) is 5.32 Å². The molecule has 5 nitrogen and oxygen atoms in total. The van der Waals surface area contributed by atoms with Gasteiger partial charge in [0.1, 0.15) is 29.6 Å². The molecule has 1 aliphatic heterocycles. The van der Waals surface area contributed by atoms with Gasteiger partial charge >= 0.3 is 0 Å². The van der Waals surface area contributed by atoms with Gasteiger partial charge in [-0.3, -0.25) is 9.69 Å². The van der Waals surface area contributed by atoms with Gasteiger partial charge in [-0.05, 0) is 55.5 Å². The molecule has 0 aliphatic carbocycles.